The molecule has 1 aliphatic rings. The van der Waals surface area contributed by atoms with Crippen LogP contribution in [0.4, 0.5) is 11.4 Å². The van der Waals surface area contributed by atoms with Crippen LogP contribution in [0.1, 0.15) is 31.7 Å². The molecule has 84 valence electrons. The molecule has 0 saturated heterocycles. The van der Waals surface area contributed by atoms with Crippen molar-refractivity contribution in [1.82, 2.24) is 0 Å². The molecular weight excluding hydrogens is 204 g/mol. The molecule has 4 nitrogen and oxygen atoms in total. The van der Waals surface area contributed by atoms with Crippen LogP contribution >= 0.6 is 0 Å². The van der Waals surface area contributed by atoms with Crippen LogP contribution in [-0.2, 0) is 9.59 Å². The van der Waals surface area contributed by atoms with Gasteiger partial charge in [0.05, 0.1) is 5.92 Å². The third kappa shape index (κ3) is 1.78. The first-order valence-electron chi connectivity index (χ1n) is 5.36. The highest BCUT2D eigenvalue weighted by atomic mass is 16.2. The minimum Gasteiger partial charge on any atom is -0.326 e. The smallest absolute Gasteiger partial charge is 0.231 e. The standard InChI is InChI=1S/C12H14N2O2/c1-3-11(15)13-8-4-5-10-9(6-8)7(2)12(16)14-10/h4-7H,3H2,1-2H3,(H,13,15)(H,14,16). The monoisotopic (exact) mass is 218 g/mol. The van der Waals surface area contributed by atoms with Crippen molar-refractivity contribution in [1.29, 1.82) is 0 Å². The zero-order valence-electron chi connectivity index (χ0n) is 9.33. The lowest BCUT2D eigenvalue weighted by molar-refractivity contribution is -0.117. The number of carbonyl (C=O) groups is 2. The quantitative estimate of drug-likeness (QED) is 0.798. The molecule has 2 N–H and O–H groups in total. The van der Waals surface area contributed by atoms with Crippen LogP contribution in [0.2, 0.25) is 0 Å². The summed E-state index contributed by atoms with van der Waals surface area (Å²) in [6.07, 6.45) is 0.448. The number of anilines is 2. The number of nitrogens with one attached hydrogen (secondary N) is 2. The van der Waals surface area contributed by atoms with Crippen molar-refractivity contribution < 1.29 is 9.59 Å². The maximum Gasteiger partial charge on any atom is 0.231 e. The minimum absolute atomic E-state index is 0.00830. The Bertz CT molecular complexity index is 454. The maximum atomic E-state index is 11.4. The first kappa shape index (κ1) is 10.7. The van der Waals surface area contributed by atoms with Gasteiger partial charge in [-0.1, -0.05) is 6.92 Å². The zero-order chi connectivity index (χ0) is 11.7. The Balaban J connectivity index is 2.27. The van der Waals surface area contributed by atoms with Gasteiger partial charge in [0.25, 0.3) is 0 Å². The lowest BCUT2D eigenvalue weighted by atomic mass is 10.0. The van der Waals surface area contributed by atoms with Crippen molar-refractivity contribution in [2.24, 2.45) is 0 Å². The number of rotatable bonds is 2. The summed E-state index contributed by atoms with van der Waals surface area (Å²) in [7, 11) is 0. The van der Waals surface area contributed by atoms with E-state index in [1.807, 2.05) is 19.1 Å². The molecule has 0 aliphatic carbocycles. The topological polar surface area (TPSA) is 58.2 Å². The van der Waals surface area contributed by atoms with E-state index in [1.165, 1.54) is 0 Å². The molecule has 4 heteroatoms. The van der Waals surface area contributed by atoms with E-state index in [1.54, 1.807) is 13.0 Å². The molecule has 0 fully saturated rings. The Morgan fingerprint density at radius 1 is 1.50 bits per heavy atom. The van der Waals surface area contributed by atoms with Gasteiger partial charge in [-0.05, 0) is 30.7 Å². The highest BCUT2D eigenvalue weighted by Gasteiger charge is 2.26. The van der Waals surface area contributed by atoms with E-state index < -0.39 is 0 Å². The van der Waals surface area contributed by atoms with E-state index >= 15 is 0 Å². The van der Waals surface area contributed by atoms with Gasteiger partial charge in [-0.3, -0.25) is 9.59 Å². The van der Waals surface area contributed by atoms with Gasteiger partial charge in [0.2, 0.25) is 11.8 Å². The molecule has 1 aromatic rings. The summed E-state index contributed by atoms with van der Waals surface area (Å²) < 4.78 is 0. The van der Waals surface area contributed by atoms with Crippen LogP contribution in [0, 0.1) is 0 Å². The Morgan fingerprint density at radius 2 is 2.25 bits per heavy atom. The molecule has 2 rings (SSSR count). The van der Waals surface area contributed by atoms with E-state index in [4.69, 9.17) is 0 Å². The highest BCUT2D eigenvalue weighted by molar-refractivity contribution is 6.03. The SMILES string of the molecule is CCC(=O)Nc1ccc2c(c1)C(C)C(=O)N2. The van der Waals surface area contributed by atoms with Crippen molar-refractivity contribution in [3.8, 4) is 0 Å². The second kappa shape index (κ2) is 3.96. The molecule has 0 spiro atoms. The van der Waals surface area contributed by atoms with E-state index in [-0.39, 0.29) is 17.7 Å². The van der Waals surface area contributed by atoms with Crippen LogP contribution in [-0.4, -0.2) is 11.8 Å². The summed E-state index contributed by atoms with van der Waals surface area (Å²) in [5.74, 6) is -0.160. The van der Waals surface area contributed by atoms with Gasteiger partial charge in [-0.2, -0.15) is 0 Å². The van der Waals surface area contributed by atoms with Gasteiger partial charge in [0, 0.05) is 17.8 Å². The molecule has 1 aliphatic heterocycles. The molecule has 0 aromatic heterocycles. The molecule has 0 saturated carbocycles. The number of amides is 2. The molecule has 1 aromatic carbocycles. The molecule has 1 heterocycles. The average Bonchev–Trinajstić information content (AvgIpc) is 2.55. The van der Waals surface area contributed by atoms with Gasteiger partial charge < -0.3 is 10.6 Å². The third-order valence-corrected chi connectivity index (χ3v) is 2.77. The molecular formula is C12H14N2O2. The lowest BCUT2D eigenvalue weighted by Crippen LogP contribution is -2.09. The molecule has 0 bridgehead atoms. The predicted molar refractivity (Wildman–Crippen MR) is 62.4 cm³/mol. The van der Waals surface area contributed by atoms with E-state index in [0.717, 1.165) is 16.9 Å². The second-order valence-corrected chi connectivity index (χ2v) is 3.91. The van der Waals surface area contributed by atoms with Gasteiger partial charge in [-0.15, -0.1) is 0 Å². The molecule has 2 amide bonds. The fourth-order valence-corrected chi connectivity index (χ4v) is 1.74. The molecule has 16 heavy (non-hydrogen) atoms. The van der Waals surface area contributed by atoms with Crippen LogP contribution in [0.3, 0.4) is 0 Å². The van der Waals surface area contributed by atoms with Crippen molar-refractivity contribution in [3.05, 3.63) is 23.8 Å². The Morgan fingerprint density at radius 3 is 2.94 bits per heavy atom. The maximum absolute atomic E-state index is 11.4. The first-order chi connectivity index (χ1) is 7.61. The molecule has 1 unspecified atom stereocenters. The Kier molecular flexibility index (Phi) is 2.64. The summed E-state index contributed by atoms with van der Waals surface area (Å²) in [5, 5.41) is 5.57. The number of carbonyl (C=O) groups excluding carboxylic acids is 2. The fraction of sp³-hybridized carbons (Fsp3) is 0.333. The van der Waals surface area contributed by atoms with Crippen LogP contribution in [0.5, 0.6) is 0 Å². The molecule has 1 atom stereocenters. The third-order valence-electron chi connectivity index (χ3n) is 2.77. The number of hydrogen-bond acceptors (Lipinski definition) is 2. The number of hydrogen-bond donors (Lipinski definition) is 2. The zero-order valence-corrected chi connectivity index (χ0v) is 9.33. The van der Waals surface area contributed by atoms with Gasteiger partial charge in [0.1, 0.15) is 0 Å². The first-order valence-corrected chi connectivity index (χ1v) is 5.36. The minimum atomic E-state index is -0.145. The van der Waals surface area contributed by atoms with Crippen molar-refractivity contribution in [2.75, 3.05) is 10.6 Å². The number of benzene rings is 1. The van der Waals surface area contributed by atoms with Crippen LogP contribution in [0.15, 0.2) is 18.2 Å². The van der Waals surface area contributed by atoms with Crippen molar-refractivity contribution in [3.63, 3.8) is 0 Å². The summed E-state index contributed by atoms with van der Waals surface area (Å²) in [6.45, 7) is 3.66. The Hall–Kier alpha value is -1.84. The van der Waals surface area contributed by atoms with E-state index in [9.17, 15) is 9.59 Å². The van der Waals surface area contributed by atoms with Gasteiger partial charge >= 0.3 is 0 Å². The average molecular weight is 218 g/mol. The predicted octanol–water partition coefficient (Wildman–Crippen LogP) is 2.09. The largest absolute Gasteiger partial charge is 0.326 e. The van der Waals surface area contributed by atoms with Crippen LogP contribution in [0.25, 0.3) is 0 Å². The summed E-state index contributed by atoms with van der Waals surface area (Å²) >= 11 is 0. The van der Waals surface area contributed by atoms with E-state index in [2.05, 4.69) is 10.6 Å². The Labute approximate surface area is 94.0 Å². The van der Waals surface area contributed by atoms with Gasteiger partial charge in [0.15, 0.2) is 0 Å². The van der Waals surface area contributed by atoms with E-state index in [0.29, 0.717) is 6.42 Å². The van der Waals surface area contributed by atoms with Crippen molar-refractivity contribution in [2.45, 2.75) is 26.2 Å². The second-order valence-electron chi connectivity index (χ2n) is 3.91. The summed E-state index contributed by atoms with van der Waals surface area (Å²) in [6, 6.07) is 5.47. The highest BCUT2D eigenvalue weighted by Crippen LogP contribution is 2.33. The lowest BCUT2D eigenvalue weighted by Gasteiger charge is -2.06. The van der Waals surface area contributed by atoms with Crippen LogP contribution < -0.4 is 10.6 Å². The fourth-order valence-electron chi connectivity index (χ4n) is 1.74. The molecule has 0 radical (unpaired) electrons. The number of fused-ring (bicyclic) bond motifs is 1. The van der Waals surface area contributed by atoms with Crippen molar-refractivity contribution >= 4 is 23.2 Å². The normalized spacial score (nSPS) is 17.9. The summed E-state index contributed by atoms with van der Waals surface area (Å²) in [4.78, 5) is 22.7. The summed E-state index contributed by atoms with van der Waals surface area (Å²) in [5.41, 5.74) is 2.53. The van der Waals surface area contributed by atoms with Gasteiger partial charge in [-0.25, -0.2) is 0 Å².